The molecule has 3 nitrogen and oxygen atoms in total. The molecule has 1 fully saturated rings. The summed E-state index contributed by atoms with van der Waals surface area (Å²) in [5.74, 6) is -0.165. The van der Waals surface area contributed by atoms with Crippen LogP contribution in [-0.2, 0) is 7.05 Å². The van der Waals surface area contributed by atoms with E-state index in [1.807, 2.05) is 36.4 Å². The Morgan fingerprint density at radius 2 is 1.91 bits per heavy atom. The van der Waals surface area contributed by atoms with Crippen LogP contribution in [0.15, 0.2) is 30.3 Å². The van der Waals surface area contributed by atoms with E-state index in [-0.39, 0.29) is 17.8 Å². The van der Waals surface area contributed by atoms with E-state index >= 15 is 0 Å². The fraction of sp³-hybridized carbons (Fsp3) is 0.389. The molecule has 1 aromatic heterocycles. The number of carbonyl (C=O) groups excluding carboxylic acids is 1. The first kappa shape index (κ1) is 14.8. The number of rotatable bonds is 2. The summed E-state index contributed by atoms with van der Waals surface area (Å²) in [6, 6.07) is 8.51. The van der Waals surface area contributed by atoms with Crippen molar-refractivity contribution < 1.29 is 9.18 Å². The lowest BCUT2D eigenvalue weighted by Crippen LogP contribution is -2.30. The molecule has 1 aliphatic rings. The lowest BCUT2D eigenvalue weighted by molar-refractivity contribution is 0.0735. The topological polar surface area (TPSA) is 25.2 Å². The summed E-state index contributed by atoms with van der Waals surface area (Å²) in [6.07, 6.45) is 1.92. The molecule has 0 spiro atoms. The molecule has 0 radical (unpaired) electrons. The number of likely N-dealkylation sites (tertiary alicyclic amines) is 1. The summed E-state index contributed by atoms with van der Waals surface area (Å²) in [7, 11) is 1.98. The summed E-state index contributed by atoms with van der Waals surface area (Å²) in [6.45, 7) is 4.74. The quantitative estimate of drug-likeness (QED) is 0.829. The van der Waals surface area contributed by atoms with Gasteiger partial charge in [-0.05, 0) is 50.5 Å². The molecule has 2 aromatic rings. The second kappa shape index (κ2) is 5.59. The minimum atomic E-state index is -0.242. The summed E-state index contributed by atoms with van der Waals surface area (Å²) >= 11 is 0. The fourth-order valence-corrected chi connectivity index (χ4v) is 3.27. The molecule has 0 aliphatic carbocycles. The zero-order valence-corrected chi connectivity index (χ0v) is 13.3. The maximum absolute atomic E-state index is 13.1. The number of halogens is 1. The van der Waals surface area contributed by atoms with E-state index in [9.17, 15) is 9.18 Å². The van der Waals surface area contributed by atoms with Gasteiger partial charge in [-0.3, -0.25) is 4.79 Å². The van der Waals surface area contributed by atoms with Gasteiger partial charge in [-0.15, -0.1) is 0 Å². The minimum absolute atomic E-state index is 0.0491. The van der Waals surface area contributed by atoms with Crippen molar-refractivity contribution >= 4 is 5.91 Å². The SMILES string of the molecule is Cc1cc(C(=O)N2CCC[C@@H]2c2ccc(F)cc2)c(C)n1C. The Labute approximate surface area is 130 Å². The maximum Gasteiger partial charge on any atom is 0.256 e. The Kier molecular flexibility index (Phi) is 3.77. The zero-order valence-electron chi connectivity index (χ0n) is 13.3. The average molecular weight is 300 g/mol. The first-order valence-electron chi connectivity index (χ1n) is 7.68. The van der Waals surface area contributed by atoms with E-state index < -0.39 is 0 Å². The second-order valence-electron chi connectivity index (χ2n) is 6.05. The highest BCUT2D eigenvalue weighted by Crippen LogP contribution is 2.33. The van der Waals surface area contributed by atoms with Crippen LogP contribution < -0.4 is 0 Å². The van der Waals surface area contributed by atoms with Gasteiger partial charge in [0.05, 0.1) is 11.6 Å². The summed E-state index contributed by atoms with van der Waals surface area (Å²) in [4.78, 5) is 14.8. The zero-order chi connectivity index (χ0) is 15.9. The predicted molar refractivity (Wildman–Crippen MR) is 84.3 cm³/mol. The van der Waals surface area contributed by atoms with Gasteiger partial charge in [-0.1, -0.05) is 12.1 Å². The van der Waals surface area contributed by atoms with Crippen LogP contribution >= 0.6 is 0 Å². The number of aromatic nitrogens is 1. The highest BCUT2D eigenvalue weighted by atomic mass is 19.1. The molecule has 1 aromatic carbocycles. The fourth-order valence-electron chi connectivity index (χ4n) is 3.27. The van der Waals surface area contributed by atoms with Gasteiger partial charge < -0.3 is 9.47 Å². The van der Waals surface area contributed by atoms with Crippen LogP contribution in [0.1, 0.15) is 46.2 Å². The number of amides is 1. The van der Waals surface area contributed by atoms with E-state index in [4.69, 9.17) is 0 Å². The second-order valence-corrected chi connectivity index (χ2v) is 6.05. The molecule has 4 heteroatoms. The van der Waals surface area contributed by atoms with Gasteiger partial charge in [0.15, 0.2) is 0 Å². The van der Waals surface area contributed by atoms with Crippen LogP contribution in [0.4, 0.5) is 4.39 Å². The monoisotopic (exact) mass is 300 g/mol. The van der Waals surface area contributed by atoms with Crippen molar-refractivity contribution in [2.45, 2.75) is 32.7 Å². The van der Waals surface area contributed by atoms with Crippen molar-refractivity contribution in [2.24, 2.45) is 7.05 Å². The number of carbonyl (C=O) groups is 1. The van der Waals surface area contributed by atoms with Gasteiger partial charge in [-0.25, -0.2) is 4.39 Å². The Hall–Kier alpha value is -2.10. The van der Waals surface area contributed by atoms with E-state index in [2.05, 4.69) is 0 Å². The minimum Gasteiger partial charge on any atom is -0.351 e. The normalized spacial score (nSPS) is 18.0. The number of nitrogens with zero attached hydrogens (tertiary/aromatic N) is 2. The van der Waals surface area contributed by atoms with Gasteiger partial charge in [0.1, 0.15) is 5.82 Å². The highest BCUT2D eigenvalue weighted by Gasteiger charge is 2.31. The van der Waals surface area contributed by atoms with Crippen molar-refractivity contribution in [3.05, 3.63) is 58.7 Å². The van der Waals surface area contributed by atoms with Crippen LogP contribution in [0.25, 0.3) is 0 Å². The molecule has 3 rings (SSSR count). The molecular weight excluding hydrogens is 279 g/mol. The highest BCUT2D eigenvalue weighted by molar-refractivity contribution is 5.96. The van der Waals surface area contributed by atoms with Crippen molar-refractivity contribution in [2.75, 3.05) is 6.54 Å². The molecule has 0 bridgehead atoms. The van der Waals surface area contributed by atoms with Gasteiger partial charge in [-0.2, -0.15) is 0 Å². The summed E-state index contributed by atoms with van der Waals surface area (Å²) < 4.78 is 15.1. The molecule has 1 amide bonds. The Morgan fingerprint density at radius 3 is 2.50 bits per heavy atom. The summed E-state index contributed by atoms with van der Waals surface area (Å²) in [5.41, 5.74) is 3.86. The molecule has 1 atom stereocenters. The Balaban J connectivity index is 1.91. The molecule has 2 heterocycles. The third-order valence-electron chi connectivity index (χ3n) is 4.77. The van der Waals surface area contributed by atoms with Crippen molar-refractivity contribution in [3.63, 3.8) is 0 Å². The average Bonchev–Trinajstić information content (AvgIpc) is 3.08. The van der Waals surface area contributed by atoms with Crippen LogP contribution in [0.2, 0.25) is 0 Å². The number of hydrogen-bond acceptors (Lipinski definition) is 1. The summed E-state index contributed by atoms with van der Waals surface area (Å²) in [5, 5.41) is 0. The molecule has 0 N–H and O–H groups in total. The molecular formula is C18H21FN2O. The van der Waals surface area contributed by atoms with E-state index in [0.29, 0.717) is 0 Å². The standard InChI is InChI=1S/C18H21FN2O/c1-12-11-16(13(2)20(12)3)18(22)21-10-4-5-17(21)14-6-8-15(19)9-7-14/h6-9,11,17H,4-5,10H2,1-3H3/t17-/m1/s1. The van der Waals surface area contributed by atoms with Gasteiger partial charge in [0.25, 0.3) is 5.91 Å². The molecule has 22 heavy (non-hydrogen) atoms. The maximum atomic E-state index is 13.1. The molecule has 1 saturated heterocycles. The van der Waals surface area contributed by atoms with E-state index in [0.717, 1.165) is 41.9 Å². The van der Waals surface area contributed by atoms with Crippen LogP contribution in [0.5, 0.6) is 0 Å². The lowest BCUT2D eigenvalue weighted by atomic mass is 10.0. The third kappa shape index (κ3) is 2.43. The number of benzene rings is 1. The first-order chi connectivity index (χ1) is 10.5. The molecule has 116 valence electrons. The van der Waals surface area contributed by atoms with Gasteiger partial charge in [0.2, 0.25) is 0 Å². The van der Waals surface area contributed by atoms with Gasteiger partial charge in [0, 0.05) is 25.0 Å². The third-order valence-corrected chi connectivity index (χ3v) is 4.77. The van der Waals surface area contributed by atoms with E-state index in [1.165, 1.54) is 12.1 Å². The molecule has 0 unspecified atom stereocenters. The van der Waals surface area contributed by atoms with Crippen LogP contribution in [0, 0.1) is 19.7 Å². The lowest BCUT2D eigenvalue weighted by Gasteiger charge is -2.25. The van der Waals surface area contributed by atoms with Crippen molar-refractivity contribution in [1.29, 1.82) is 0 Å². The predicted octanol–water partition coefficient (Wildman–Crippen LogP) is 3.76. The van der Waals surface area contributed by atoms with Crippen molar-refractivity contribution in [1.82, 2.24) is 9.47 Å². The Morgan fingerprint density at radius 1 is 1.23 bits per heavy atom. The smallest absolute Gasteiger partial charge is 0.256 e. The Bertz CT molecular complexity index is 703. The number of hydrogen-bond donors (Lipinski definition) is 0. The molecule has 1 aliphatic heterocycles. The molecule has 0 saturated carbocycles. The van der Waals surface area contributed by atoms with Gasteiger partial charge >= 0.3 is 0 Å². The van der Waals surface area contributed by atoms with Crippen molar-refractivity contribution in [3.8, 4) is 0 Å². The largest absolute Gasteiger partial charge is 0.351 e. The number of aryl methyl sites for hydroxylation is 1. The first-order valence-corrected chi connectivity index (χ1v) is 7.68. The van der Waals surface area contributed by atoms with Crippen LogP contribution in [-0.4, -0.2) is 21.9 Å². The van der Waals surface area contributed by atoms with Crippen LogP contribution in [0.3, 0.4) is 0 Å². The van der Waals surface area contributed by atoms with E-state index in [1.54, 1.807) is 12.1 Å².